The highest BCUT2D eigenvalue weighted by Crippen LogP contribution is 2.16. The van der Waals surface area contributed by atoms with Crippen LogP contribution >= 0.6 is 0 Å². The van der Waals surface area contributed by atoms with E-state index in [9.17, 15) is 0 Å². The molecule has 1 fully saturated rings. The molecule has 0 atom stereocenters. The Balaban J connectivity index is 0.000000336. The summed E-state index contributed by atoms with van der Waals surface area (Å²) in [5, 5.41) is 3.57. The maximum atomic E-state index is 3.57. The molecule has 0 aromatic heterocycles. The normalized spacial score (nSPS) is 16.5. The van der Waals surface area contributed by atoms with Crippen LogP contribution in [-0.2, 0) is 0 Å². The van der Waals surface area contributed by atoms with Crippen LogP contribution in [-0.4, -0.2) is 12.6 Å². The topological polar surface area (TPSA) is 12.0 Å². The highest BCUT2D eigenvalue weighted by Gasteiger charge is 2.10. The molecule has 1 N–H and O–H groups in total. The van der Waals surface area contributed by atoms with E-state index in [1.165, 1.54) is 50.6 Å². The molecular weight excluding hydrogens is 182 g/mol. The molecule has 1 heteroatoms. The van der Waals surface area contributed by atoms with E-state index < -0.39 is 0 Å². The second kappa shape index (κ2) is 10.2. The van der Waals surface area contributed by atoms with Crippen LogP contribution in [0.2, 0.25) is 0 Å². The van der Waals surface area contributed by atoms with Crippen molar-refractivity contribution in [3.05, 3.63) is 11.6 Å². The third-order valence-corrected chi connectivity index (χ3v) is 2.87. The lowest BCUT2D eigenvalue weighted by Gasteiger charge is -2.22. The highest BCUT2D eigenvalue weighted by molar-refractivity contribution is 4.88. The zero-order valence-electron chi connectivity index (χ0n) is 11.1. The lowest BCUT2D eigenvalue weighted by atomic mass is 9.95. The summed E-state index contributed by atoms with van der Waals surface area (Å²) in [5.41, 5.74) is 1.38. The Labute approximate surface area is 96.3 Å². The number of allylic oxidation sites excluding steroid dienone is 2. The van der Waals surface area contributed by atoms with Crippen molar-refractivity contribution < 1.29 is 0 Å². The molecule has 1 rings (SSSR count). The van der Waals surface area contributed by atoms with Gasteiger partial charge < -0.3 is 5.32 Å². The fourth-order valence-electron chi connectivity index (χ4n) is 1.66. The van der Waals surface area contributed by atoms with Crippen LogP contribution in [0.15, 0.2) is 11.6 Å². The van der Waals surface area contributed by atoms with Gasteiger partial charge in [0.2, 0.25) is 0 Å². The van der Waals surface area contributed by atoms with Crippen LogP contribution in [0.3, 0.4) is 0 Å². The summed E-state index contributed by atoms with van der Waals surface area (Å²) in [4.78, 5) is 0. The molecule has 1 saturated carbocycles. The summed E-state index contributed by atoms with van der Waals surface area (Å²) in [5.74, 6) is 0. The van der Waals surface area contributed by atoms with E-state index in [0.29, 0.717) is 0 Å². The average Bonchev–Trinajstić information content (AvgIpc) is 2.28. The van der Waals surface area contributed by atoms with Crippen LogP contribution in [0, 0.1) is 0 Å². The van der Waals surface area contributed by atoms with Gasteiger partial charge in [-0.15, -0.1) is 0 Å². The van der Waals surface area contributed by atoms with Gasteiger partial charge in [0.1, 0.15) is 0 Å². The van der Waals surface area contributed by atoms with Gasteiger partial charge in [-0.1, -0.05) is 37.8 Å². The average molecular weight is 211 g/mol. The third-order valence-electron chi connectivity index (χ3n) is 2.87. The molecule has 0 bridgehead atoms. The summed E-state index contributed by atoms with van der Waals surface area (Å²) >= 11 is 0. The quantitative estimate of drug-likeness (QED) is 0.687. The fourth-order valence-corrected chi connectivity index (χ4v) is 1.66. The second-order valence-electron chi connectivity index (χ2n) is 4.66. The molecule has 0 saturated heterocycles. The lowest BCUT2D eigenvalue weighted by molar-refractivity contribution is 0.374. The number of hydrogen-bond donors (Lipinski definition) is 1. The van der Waals surface area contributed by atoms with Gasteiger partial charge in [-0.25, -0.2) is 0 Å². The SMILES string of the molecule is CC=C(C)C.CCCNC1CCCCC1. The molecule has 1 aliphatic rings. The molecular formula is C14H29N. The highest BCUT2D eigenvalue weighted by atomic mass is 14.9. The largest absolute Gasteiger partial charge is 0.314 e. The van der Waals surface area contributed by atoms with Crippen molar-refractivity contribution in [2.24, 2.45) is 0 Å². The van der Waals surface area contributed by atoms with E-state index in [4.69, 9.17) is 0 Å². The van der Waals surface area contributed by atoms with E-state index in [1.807, 2.05) is 6.92 Å². The monoisotopic (exact) mass is 211 g/mol. The minimum Gasteiger partial charge on any atom is -0.314 e. The molecule has 1 aliphatic carbocycles. The zero-order valence-corrected chi connectivity index (χ0v) is 11.1. The van der Waals surface area contributed by atoms with Gasteiger partial charge in [-0.05, 0) is 46.6 Å². The smallest absolute Gasteiger partial charge is 0.00670 e. The Bertz CT molecular complexity index is 151. The van der Waals surface area contributed by atoms with Crippen LogP contribution < -0.4 is 5.32 Å². The number of rotatable bonds is 3. The van der Waals surface area contributed by atoms with E-state index >= 15 is 0 Å². The number of nitrogens with one attached hydrogen (secondary N) is 1. The summed E-state index contributed by atoms with van der Waals surface area (Å²) in [7, 11) is 0. The van der Waals surface area contributed by atoms with Crippen molar-refractivity contribution in [1.29, 1.82) is 0 Å². The molecule has 0 heterocycles. The Kier molecular flexibility index (Phi) is 10.0. The molecule has 1 nitrogen and oxygen atoms in total. The van der Waals surface area contributed by atoms with Crippen molar-refractivity contribution in [2.75, 3.05) is 6.54 Å². The van der Waals surface area contributed by atoms with Crippen molar-refractivity contribution in [3.63, 3.8) is 0 Å². The second-order valence-corrected chi connectivity index (χ2v) is 4.66. The Morgan fingerprint density at radius 3 is 2.13 bits per heavy atom. The van der Waals surface area contributed by atoms with Gasteiger partial charge in [0.05, 0.1) is 0 Å². The van der Waals surface area contributed by atoms with Crippen molar-refractivity contribution in [3.8, 4) is 0 Å². The van der Waals surface area contributed by atoms with Gasteiger partial charge >= 0.3 is 0 Å². The molecule has 0 amide bonds. The van der Waals surface area contributed by atoms with Gasteiger partial charge in [0, 0.05) is 6.04 Å². The first-order valence-electron chi connectivity index (χ1n) is 6.53. The Morgan fingerprint density at radius 2 is 1.73 bits per heavy atom. The van der Waals surface area contributed by atoms with E-state index in [1.54, 1.807) is 0 Å². The Morgan fingerprint density at radius 1 is 1.20 bits per heavy atom. The predicted molar refractivity (Wildman–Crippen MR) is 70.3 cm³/mol. The van der Waals surface area contributed by atoms with Crippen LogP contribution in [0.25, 0.3) is 0 Å². The minimum atomic E-state index is 0.855. The molecule has 90 valence electrons. The molecule has 0 unspecified atom stereocenters. The van der Waals surface area contributed by atoms with Crippen LogP contribution in [0.1, 0.15) is 66.2 Å². The van der Waals surface area contributed by atoms with Crippen molar-refractivity contribution in [1.82, 2.24) is 5.32 Å². The fraction of sp³-hybridized carbons (Fsp3) is 0.857. The van der Waals surface area contributed by atoms with Crippen LogP contribution in [0.5, 0.6) is 0 Å². The zero-order chi connectivity index (χ0) is 11.5. The predicted octanol–water partition coefficient (Wildman–Crippen LogP) is 4.29. The maximum Gasteiger partial charge on any atom is 0.00670 e. The summed E-state index contributed by atoms with van der Waals surface area (Å²) in [6.07, 6.45) is 10.5. The van der Waals surface area contributed by atoms with E-state index in [0.717, 1.165) is 6.04 Å². The first-order valence-corrected chi connectivity index (χ1v) is 6.53. The molecule has 0 aliphatic heterocycles. The molecule has 0 radical (unpaired) electrons. The first kappa shape index (κ1) is 14.7. The van der Waals surface area contributed by atoms with E-state index in [-0.39, 0.29) is 0 Å². The van der Waals surface area contributed by atoms with Gasteiger partial charge in [-0.2, -0.15) is 0 Å². The number of hydrogen-bond acceptors (Lipinski definition) is 1. The molecule has 15 heavy (non-hydrogen) atoms. The van der Waals surface area contributed by atoms with Crippen molar-refractivity contribution in [2.45, 2.75) is 72.3 Å². The first-order chi connectivity index (χ1) is 7.20. The van der Waals surface area contributed by atoms with E-state index in [2.05, 4.69) is 32.2 Å². The summed E-state index contributed by atoms with van der Waals surface area (Å²) < 4.78 is 0. The lowest BCUT2D eigenvalue weighted by Crippen LogP contribution is -2.31. The Hall–Kier alpha value is -0.300. The molecule has 0 aromatic carbocycles. The molecule has 0 spiro atoms. The third kappa shape index (κ3) is 9.99. The van der Waals surface area contributed by atoms with Gasteiger partial charge in [-0.3, -0.25) is 0 Å². The standard InChI is InChI=1S/C9H19N.C5H10/c1-2-8-10-9-6-4-3-5-7-9;1-4-5(2)3/h9-10H,2-8H2,1H3;4H,1-3H3. The van der Waals surface area contributed by atoms with Gasteiger partial charge in [0.15, 0.2) is 0 Å². The maximum absolute atomic E-state index is 3.57. The van der Waals surface area contributed by atoms with Crippen LogP contribution in [0.4, 0.5) is 0 Å². The summed E-state index contributed by atoms with van der Waals surface area (Å²) in [6.45, 7) is 9.65. The van der Waals surface area contributed by atoms with Gasteiger partial charge in [0.25, 0.3) is 0 Å². The van der Waals surface area contributed by atoms with Crippen molar-refractivity contribution >= 4 is 0 Å². The summed E-state index contributed by atoms with van der Waals surface area (Å²) in [6, 6.07) is 0.855. The molecule has 0 aromatic rings. The minimum absolute atomic E-state index is 0.855.